The minimum absolute atomic E-state index is 0.865. The number of hydrogen-bond acceptors (Lipinski definition) is 1. The molecule has 72 valence electrons. The third-order valence-corrected chi connectivity index (χ3v) is 3.36. The average Bonchev–Trinajstić information content (AvgIpc) is 2.57. The van der Waals surface area contributed by atoms with E-state index in [-0.39, 0.29) is 0 Å². The Morgan fingerprint density at radius 1 is 1.08 bits per heavy atom. The highest BCUT2D eigenvalue weighted by Crippen LogP contribution is 2.17. The van der Waals surface area contributed by atoms with Crippen LogP contribution in [0.15, 0.2) is 0 Å². The summed E-state index contributed by atoms with van der Waals surface area (Å²) in [5, 5.41) is 3.64. The molecule has 1 aliphatic rings. The van der Waals surface area contributed by atoms with E-state index < -0.39 is 0 Å². The minimum Gasteiger partial charge on any atom is -0.314 e. The molecule has 0 aromatic heterocycles. The second kappa shape index (κ2) is 7.13. The first-order valence-electron chi connectivity index (χ1n) is 5.23. The molecule has 1 saturated carbocycles. The molecule has 12 heavy (non-hydrogen) atoms. The van der Waals surface area contributed by atoms with Crippen molar-refractivity contribution in [1.82, 2.24) is 5.32 Å². The Kier molecular flexibility index (Phi) is 6.40. The van der Waals surface area contributed by atoms with Crippen molar-refractivity contribution in [2.75, 3.05) is 11.0 Å². The molecule has 1 nitrogen and oxygen atoms in total. The number of halogens is 1. The number of rotatable bonds is 6. The van der Waals surface area contributed by atoms with Crippen LogP contribution in [0.3, 0.4) is 0 Å². The lowest BCUT2D eigenvalue weighted by Crippen LogP contribution is -2.26. The van der Waals surface area contributed by atoms with Gasteiger partial charge in [0.15, 0.2) is 0 Å². The summed E-state index contributed by atoms with van der Waals surface area (Å²) in [6.07, 6.45) is 9.92. The summed E-state index contributed by atoms with van der Waals surface area (Å²) in [6.45, 7) is 1.25. The van der Waals surface area contributed by atoms with Gasteiger partial charge in [0.25, 0.3) is 0 Å². The summed E-state index contributed by atoms with van der Waals surface area (Å²) in [5.41, 5.74) is 0. The van der Waals surface area contributed by atoms with Crippen molar-refractivity contribution in [3.05, 3.63) is 0 Å². The molecule has 0 heterocycles. The maximum absolute atomic E-state index is 3.64. The standard InChI is InChI=1S/C10H20IN/c11-8-4-1-5-9-12-10-6-2-3-7-10/h10,12H,1-9H2. The third kappa shape index (κ3) is 4.65. The molecule has 1 N–H and O–H groups in total. The zero-order chi connectivity index (χ0) is 8.65. The van der Waals surface area contributed by atoms with Crippen LogP contribution in [0.2, 0.25) is 0 Å². The van der Waals surface area contributed by atoms with Crippen LogP contribution >= 0.6 is 22.6 Å². The van der Waals surface area contributed by atoms with Gasteiger partial charge in [-0.25, -0.2) is 0 Å². The molecule has 0 aromatic carbocycles. The molecule has 2 heteroatoms. The molecule has 0 saturated heterocycles. The monoisotopic (exact) mass is 281 g/mol. The lowest BCUT2D eigenvalue weighted by molar-refractivity contribution is 0.507. The van der Waals surface area contributed by atoms with Crippen LogP contribution in [0.1, 0.15) is 44.9 Å². The predicted molar refractivity (Wildman–Crippen MR) is 63.0 cm³/mol. The van der Waals surface area contributed by atoms with E-state index in [0.717, 1.165) is 6.04 Å². The summed E-state index contributed by atoms with van der Waals surface area (Å²) < 4.78 is 1.32. The number of nitrogens with one attached hydrogen (secondary N) is 1. The normalized spacial score (nSPS) is 18.8. The van der Waals surface area contributed by atoms with Crippen molar-refractivity contribution in [3.63, 3.8) is 0 Å². The van der Waals surface area contributed by atoms with E-state index in [1.54, 1.807) is 0 Å². The fourth-order valence-corrected chi connectivity index (χ4v) is 2.37. The third-order valence-electron chi connectivity index (χ3n) is 2.60. The largest absolute Gasteiger partial charge is 0.314 e. The van der Waals surface area contributed by atoms with E-state index in [0.29, 0.717) is 0 Å². The fourth-order valence-electron chi connectivity index (χ4n) is 1.83. The van der Waals surface area contributed by atoms with Gasteiger partial charge in [0.05, 0.1) is 0 Å². The lowest BCUT2D eigenvalue weighted by Gasteiger charge is -2.10. The Labute approximate surface area is 89.8 Å². The van der Waals surface area contributed by atoms with Crippen LogP contribution in [-0.2, 0) is 0 Å². The molecule has 0 atom stereocenters. The topological polar surface area (TPSA) is 12.0 Å². The van der Waals surface area contributed by atoms with E-state index in [1.165, 1.54) is 55.9 Å². The van der Waals surface area contributed by atoms with Crippen molar-refractivity contribution < 1.29 is 0 Å². The Hall–Kier alpha value is 0.690. The van der Waals surface area contributed by atoms with Gasteiger partial charge in [0.1, 0.15) is 0 Å². The van der Waals surface area contributed by atoms with Crippen molar-refractivity contribution in [2.45, 2.75) is 51.0 Å². The minimum atomic E-state index is 0.865. The van der Waals surface area contributed by atoms with Gasteiger partial charge >= 0.3 is 0 Å². The van der Waals surface area contributed by atoms with Gasteiger partial charge in [-0.2, -0.15) is 0 Å². The molecule has 0 aromatic rings. The second-order valence-corrected chi connectivity index (χ2v) is 4.76. The molecule has 0 bridgehead atoms. The van der Waals surface area contributed by atoms with Crippen molar-refractivity contribution >= 4 is 22.6 Å². The summed E-state index contributed by atoms with van der Waals surface area (Å²) in [5.74, 6) is 0. The van der Waals surface area contributed by atoms with Crippen LogP contribution in [0.4, 0.5) is 0 Å². The Morgan fingerprint density at radius 2 is 1.83 bits per heavy atom. The maximum Gasteiger partial charge on any atom is 0.00670 e. The Balaban J connectivity index is 1.81. The summed E-state index contributed by atoms with van der Waals surface area (Å²) in [6, 6.07) is 0.865. The predicted octanol–water partition coefficient (Wildman–Crippen LogP) is 3.12. The Morgan fingerprint density at radius 3 is 2.50 bits per heavy atom. The van der Waals surface area contributed by atoms with Crippen LogP contribution in [0, 0.1) is 0 Å². The van der Waals surface area contributed by atoms with Crippen LogP contribution in [-0.4, -0.2) is 17.0 Å². The highest BCUT2D eigenvalue weighted by molar-refractivity contribution is 14.1. The number of hydrogen-bond donors (Lipinski definition) is 1. The lowest BCUT2D eigenvalue weighted by atomic mass is 10.2. The van der Waals surface area contributed by atoms with Gasteiger partial charge in [-0.15, -0.1) is 0 Å². The van der Waals surface area contributed by atoms with Crippen molar-refractivity contribution in [1.29, 1.82) is 0 Å². The zero-order valence-electron chi connectivity index (χ0n) is 7.82. The molecule has 1 fully saturated rings. The van der Waals surface area contributed by atoms with E-state index >= 15 is 0 Å². The van der Waals surface area contributed by atoms with Gasteiger partial charge in [0, 0.05) is 6.04 Å². The van der Waals surface area contributed by atoms with Gasteiger partial charge in [-0.1, -0.05) is 41.9 Å². The Bertz CT molecular complexity index is 100. The van der Waals surface area contributed by atoms with Crippen LogP contribution in [0.25, 0.3) is 0 Å². The molecule has 0 amide bonds. The first kappa shape index (κ1) is 10.8. The average molecular weight is 281 g/mol. The number of alkyl halides is 1. The van der Waals surface area contributed by atoms with Crippen LogP contribution < -0.4 is 5.32 Å². The van der Waals surface area contributed by atoms with Crippen molar-refractivity contribution in [3.8, 4) is 0 Å². The molecule has 0 unspecified atom stereocenters. The highest BCUT2D eigenvalue weighted by atomic mass is 127. The molecule has 0 radical (unpaired) electrons. The summed E-state index contributed by atoms with van der Waals surface area (Å²) >= 11 is 2.46. The SMILES string of the molecule is ICCCCCNC1CCCC1. The quantitative estimate of drug-likeness (QED) is 0.448. The molecule has 0 aliphatic heterocycles. The van der Waals surface area contributed by atoms with E-state index in [4.69, 9.17) is 0 Å². The van der Waals surface area contributed by atoms with E-state index in [9.17, 15) is 0 Å². The summed E-state index contributed by atoms with van der Waals surface area (Å²) in [4.78, 5) is 0. The van der Waals surface area contributed by atoms with Crippen LogP contribution in [0.5, 0.6) is 0 Å². The zero-order valence-corrected chi connectivity index (χ0v) is 9.98. The summed E-state index contributed by atoms with van der Waals surface area (Å²) in [7, 11) is 0. The van der Waals surface area contributed by atoms with Gasteiger partial charge in [-0.3, -0.25) is 0 Å². The molecular weight excluding hydrogens is 261 g/mol. The van der Waals surface area contributed by atoms with E-state index in [1.807, 2.05) is 0 Å². The molecule has 0 spiro atoms. The maximum atomic E-state index is 3.64. The van der Waals surface area contributed by atoms with E-state index in [2.05, 4.69) is 27.9 Å². The first-order valence-corrected chi connectivity index (χ1v) is 6.75. The molecule has 1 rings (SSSR count). The van der Waals surface area contributed by atoms with Gasteiger partial charge < -0.3 is 5.32 Å². The number of unbranched alkanes of at least 4 members (excludes halogenated alkanes) is 2. The van der Waals surface area contributed by atoms with Crippen molar-refractivity contribution in [2.24, 2.45) is 0 Å². The molecule has 1 aliphatic carbocycles. The highest BCUT2D eigenvalue weighted by Gasteiger charge is 2.12. The first-order chi connectivity index (χ1) is 5.93. The fraction of sp³-hybridized carbons (Fsp3) is 1.00. The smallest absolute Gasteiger partial charge is 0.00670 e. The second-order valence-electron chi connectivity index (χ2n) is 3.69. The van der Waals surface area contributed by atoms with Gasteiger partial charge in [0.2, 0.25) is 0 Å². The van der Waals surface area contributed by atoms with Gasteiger partial charge in [-0.05, 0) is 36.7 Å². The molecular formula is C10H20IN.